The van der Waals surface area contributed by atoms with E-state index >= 15 is 0 Å². The van der Waals surface area contributed by atoms with Crippen molar-refractivity contribution in [3.05, 3.63) is 34.5 Å². The van der Waals surface area contributed by atoms with Gasteiger partial charge in [-0.15, -0.1) is 11.3 Å². The molecular formula is C13H13FN2O3S. The number of nitrogens with one attached hydrogen (secondary N) is 2. The lowest BCUT2D eigenvalue weighted by Crippen LogP contribution is -2.31. The molecule has 1 amide bonds. The first-order valence-electron chi connectivity index (χ1n) is 5.89. The summed E-state index contributed by atoms with van der Waals surface area (Å²) in [5, 5.41) is 14.8. The highest BCUT2D eigenvalue weighted by molar-refractivity contribution is 7.21. The number of benzene rings is 1. The molecular weight excluding hydrogens is 283 g/mol. The first-order chi connectivity index (χ1) is 9.54. The Bertz CT molecular complexity index is 669. The van der Waals surface area contributed by atoms with E-state index in [9.17, 15) is 19.1 Å². The van der Waals surface area contributed by atoms with Gasteiger partial charge in [-0.05, 0) is 12.1 Å². The maximum absolute atomic E-state index is 13.9. The molecule has 0 unspecified atom stereocenters. The van der Waals surface area contributed by atoms with E-state index in [0.717, 1.165) is 11.3 Å². The quantitative estimate of drug-likeness (QED) is 0.782. The molecule has 0 radical (unpaired) electrons. The molecule has 0 saturated carbocycles. The summed E-state index contributed by atoms with van der Waals surface area (Å²) in [7, 11) is 1.51. The standard InChI is InChI=1S/C13H13FN2O3S/c1-15-10(17)6-16-5-7-11-8(14)3-2-4-9(11)20-12(7)13(18)19/h2-4,16H,5-6H2,1H3,(H,15,17)(H,18,19). The smallest absolute Gasteiger partial charge is 0.346 e. The SMILES string of the molecule is CNC(=O)CNCc1c(C(=O)O)sc2cccc(F)c12. The van der Waals surface area contributed by atoms with Gasteiger partial charge in [-0.2, -0.15) is 0 Å². The molecule has 0 aliphatic rings. The van der Waals surface area contributed by atoms with Crippen molar-refractivity contribution in [2.45, 2.75) is 6.54 Å². The predicted molar refractivity (Wildman–Crippen MR) is 74.5 cm³/mol. The molecule has 1 aromatic heterocycles. The van der Waals surface area contributed by atoms with E-state index in [1.165, 1.54) is 13.1 Å². The van der Waals surface area contributed by atoms with Crippen molar-refractivity contribution < 1.29 is 19.1 Å². The van der Waals surface area contributed by atoms with E-state index < -0.39 is 11.8 Å². The Morgan fingerprint density at radius 3 is 2.80 bits per heavy atom. The molecule has 3 N–H and O–H groups in total. The number of carboxylic acid groups (broad SMARTS) is 1. The minimum atomic E-state index is -1.10. The molecule has 0 atom stereocenters. The number of thiophene rings is 1. The van der Waals surface area contributed by atoms with Crippen molar-refractivity contribution >= 4 is 33.3 Å². The predicted octanol–water partition coefficient (Wildman–Crippen LogP) is 1.57. The number of carboxylic acids is 1. The van der Waals surface area contributed by atoms with Crippen LogP contribution in [0.5, 0.6) is 0 Å². The van der Waals surface area contributed by atoms with Crippen LogP contribution in [-0.2, 0) is 11.3 Å². The topological polar surface area (TPSA) is 78.4 Å². The highest BCUT2D eigenvalue weighted by Crippen LogP contribution is 2.33. The van der Waals surface area contributed by atoms with Crippen LogP contribution in [0.15, 0.2) is 18.2 Å². The zero-order chi connectivity index (χ0) is 14.7. The van der Waals surface area contributed by atoms with Crippen LogP contribution in [0.4, 0.5) is 4.39 Å². The summed E-state index contributed by atoms with van der Waals surface area (Å²) in [6.07, 6.45) is 0. The summed E-state index contributed by atoms with van der Waals surface area (Å²) in [6.45, 7) is 0.164. The van der Waals surface area contributed by atoms with Gasteiger partial charge in [-0.1, -0.05) is 6.07 Å². The monoisotopic (exact) mass is 296 g/mol. The highest BCUT2D eigenvalue weighted by atomic mass is 32.1. The largest absolute Gasteiger partial charge is 0.477 e. The Hall–Kier alpha value is -1.99. The van der Waals surface area contributed by atoms with E-state index in [4.69, 9.17) is 0 Å². The van der Waals surface area contributed by atoms with Crippen LogP contribution in [0.1, 0.15) is 15.2 Å². The number of carbonyl (C=O) groups excluding carboxylic acids is 1. The van der Waals surface area contributed by atoms with Crippen LogP contribution in [0, 0.1) is 5.82 Å². The van der Waals surface area contributed by atoms with Crippen LogP contribution >= 0.6 is 11.3 Å². The van der Waals surface area contributed by atoms with Crippen LogP contribution in [0.25, 0.3) is 10.1 Å². The lowest BCUT2D eigenvalue weighted by Gasteiger charge is -2.05. The molecule has 0 fully saturated rings. The Morgan fingerprint density at radius 2 is 2.15 bits per heavy atom. The van der Waals surface area contributed by atoms with Crippen LogP contribution in [0.3, 0.4) is 0 Å². The van der Waals surface area contributed by atoms with Crippen LogP contribution in [0.2, 0.25) is 0 Å². The first-order valence-corrected chi connectivity index (χ1v) is 6.70. The molecule has 106 valence electrons. The fourth-order valence-corrected chi connectivity index (χ4v) is 2.97. The molecule has 7 heteroatoms. The molecule has 0 aliphatic carbocycles. The highest BCUT2D eigenvalue weighted by Gasteiger charge is 2.19. The molecule has 20 heavy (non-hydrogen) atoms. The molecule has 0 saturated heterocycles. The number of likely N-dealkylation sites (N-methyl/N-ethyl adjacent to an activating group) is 1. The van der Waals surface area contributed by atoms with Crippen molar-refractivity contribution in [2.24, 2.45) is 0 Å². The average molecular weight is 296 g/mol. The van der Waals surface area contributed by atoms with E-state index in [-0.39, 0.29) is 23.9 Å². The minimum absolute atomic E-state index is 0.0430. The number of amides is 1. The van der Waals surface area contributed by atoms with Gasteiger partial charge < -0.3 is 15.7 Å². The second-order valence-electron chi connectivity index (χ2n) is 4.10. The van der Waals surface area contributed by atoms with Crippen molar-refractivity contribution in [3.63, 3.8) is 0 Å². The summed E-state index contributed by atoms with van der Waals surface area (Å²) in [6, 6.07) is 4.52. The van der Waals surface area contributed by atoms with E-state index in [1.807, 2.05) is 0 Å². The molecule has 1 aromatic carbocycles. The van der Waals surface area contributed by atoms with Gasteiger partial charge in [-0.3, -0.25) is 4.79 Å². The number of carbonyl (C=O) groups is 2. The van der Waals surface area contributed by atoms with Gasteiger partial charge in [0.25, 0.3) is 0 Å². The van der Waals surface area contributed by atoms with Gasteiger partial charge >= 0.3 is 5.97 Å². The average Bonchev–Trinajstić information content (AvgIpc) is 2.79. The van der Waals surface area contributed by atoms with Gasteiger partial charge in [0.05, 0.1) is 6.54 Å². The van der Waals surface area contributed by atoms with E-state index in [2.05, 4.69) is 10.6 Å². The maximum atomic E-state index is 13.9. The fourth-order valence-electron chi connectivity index (χ4n) is 1.90. The van der Waals surface area contributed by atoms with Crippen molar-refractivity contribution in [1.29, 1.82) is 0 Å². The summed E-state index contributed by atoms with van der Waals surface area (Å²) >= 11 is 1.03. The van der Waals surface area contributed by atoms with Crippen molar-refractivity contribution in [1.82, 2.24) is 10.6 Å². The molecule has 0 aliphatic heterocycles. The van der Waals surface area contributed by atoms with Crippen molar-refractivity contribution in [2.75, 3.05) is 13.6 Å². The Balaban J connectivity index is 2.36. The number of hydrogen-bond donors (Lipinski definition) is 3. The number of fused-ring (bicyclic) bond motifs is 1. The van der Waals surface area contributed by atoms with Crippen LogP contribution in [-0.4, -0.2) is 30.6 Å². The third kappa shape index (κ3) is 2.78. The lowest BCUT2D eigenvalue weighted by atomic mass is 10.1. The number of halogens is 1. The third-order valence-electron chi connectivity index (χ3n) is 2.82. The van der Waals surface area contributed by atoms with Crippen molar-refractivity contribution in [3.8, 4) is 0 Å². The molecule has 5 nitrogen and oxygen atoms in total. The summed E-state index contributed by atoms with van der Waals surface area (Å²) in [4.78, 5) is 22.5. The maximum Gasteiger partial charge on any atom is 0.346 e. The molecule has 2 aromatic rings. The Labute approximate surface area is 118 Å². The van der Waals surface area contributed by atoms with E-state index in [0.29, 0.717) is 15.6 Å². The summed E-state index contributed by atoms with van der Waals surface area (Å²) in [5.74, 6) is -1.77. The molecule has 0 spiro atoms. The second-order valence-corrected chi connectivity index (χ2v) is 5.16. The second kappa shape index (κ2) is 5.98. The van der Waals surface area contributed by atoms with Gasteiger partial charge in [0.2, 0.25) is 5.91 Å². The Kier molecular flexibility index (Phi) is 4.31. The van der Waals surface area contributed by atoms with E-state index in [1.54, 1.807) is 12.1 Å². The zero-order valence-corrected chi connectivity index (χ0v) is 11.5. The van der Waals surface area contributed by atoms with Gasteiger partial charge in [0.1, 0.15) is 10.7 Å². The minimum Gasteiger partial charge on any atom is -0.477 e. The lowest BCUT2D eigenvalue weighted by molar-refractivity contribution is -0.119. The molecule has 1 heterocycles. The number of hydrogen-bond acceptors (Lipinski definition) is 4. The van der Waals surface area contributed by atoms with Crippen LogP contribution < -0.4 is 10.6 Å². The van der Waals surface area contributed by atoms with Gasteiger partial charge in [0, 0.05) is 29.2 Å². The normalized spacial score (nSPS) is 10.7. The first kappa shape index (κ1) is 14.4. The summed E-state index contributed by atoms with van der Waals surface area (Å²) in [5.41, 5.74) is 0.375. The number of aromatic carboxylic acids is 1. The van der Waals surface area contributed by atoms with Gasteiger partial charge in [-0.25, -0.2) is 9.18 Å². The molecule has 0 bridgehead atoms. The fraction of sp³-hybridized carbons (Fsp3) is 0.231. The van der Waals surface area contributed by atoms with Gasteiger partial charge in [0.15, 0.2) is 0 Å². The summed E-state index contributed by atoms with van der Waals surface area (Å²) < 4.78 is 14.5. The third-order valence-corrected chi connectivity index (χ3v) is 4.01. The number of rotatable bonds is 5. The Morgan fingerprint density at radius 1 is 1.40 bits per heavy atom. The molecule has 2 rings (SSSR count). The zero-order valence-electron chi connectivity index (χ0n) is 10.7.